The summed E-state index contributed by atoms with van der Waals surface area (Å²) in [7, 11) is 1.87. The summed E-state index contributed by atoms with van der Waals surface area (Å²) in [5, 5.41) is 8.12. The molecule has 0 bridgehead atoms. The Morgan fingerprint density at radius 1 is 1.10 bits per heavy atom. The zero-order valence-electron chi connectivity index (χ0n) is 17.8. The normalized spacial score (nSPS) is 23.9. The first-order chi connectivity index (χ1) is 14.1. The largest absolute Gasteiger partial charge is 0.342 e. The Labute approximate surface area is 173 Å². The molecule has 8 nitrogen and oxygen atoms in total. The molecule has 1 aliphatic carbocycles. The van der Waals surface area contributed by atoms with Gasteiger partial charge in [-0.2, -0.15) is 0 Å². The fourth-order valence-corrected chi connectivity index (χ4v) is 4.85. The van der Waals surface area contributed by atoms with E-state index in [1.807, 2.05) is 11.6 Å². The van der Waals surface area contributed by atoms with Gasteiger partial charge in [-0.1, -0.05) is 0 Å². The van der Waals surface area contributed by atoms with Crippen LogP contribution < -0.4 is 0 Å². The van der Waals surface area contributed by atoms with Gasteiger partial charge in [-0.15, -0.1) is 10.2 Å². The highest BCUT2D eigenvalue weighted by Crippen LogP contribution is 2.32. The molecule has 2 saturated heterocycles. The number of nitrogens with zero attached hydrogens (tertiary/aromatic N) is 6. The van der Waals surface area contributed by atoms with Crippen LogP contribution in [0.1, 0.15) is 51.3 Å². The SMILES string of the molecule is CCn1cnnc1CN(C)C(=O)[C@H]1CCCN(C2CCN(C(=O)C3CC3)CC2)C1. The molecule has 0 aromatic carbocycles. The second-order valence-corrected chi connectivity index (χ2v) is 8.89. The lowest BCUT2D eigenvalue weighted by Crippen LogP contribution is -2.51. The summed E-state index contributed by atoms with van der Waals surface area (Å²) < 4.78 is 1.98. The number of aromatic nitrogens is 3. The maximum atomic E-state index is 13.1. The minimum Gasteiger partial charge on any atom is -0.342 e. The summed E-state index contributed by atoms with van der Waals surface area (Å²) in [6, 6.07) is 0.502. The van der Waals surface area contributed by atoms with Gasteiger partial charge in [-0.25, -0.2) is 0 Å². The number of aryl methyl sites for hydroxylation is 1. The van der Waals surface area contributed by atoms with E-state index < -0.39 is 0 Å². The third kappa shape index (κ3) is 4.63. The fraction of sp³-hybridized carbons (Fsp3) is 0.810. The van der Waals surface area contributed by atoms with Crippen molar-refractivity contribution in [3.8, 4) is 0 Å². The lowest BCUT2D eigenvalue weighted by Gasteiger charge is -2.42. The van der Waals surface area contributed by atoms with Crippen LogP contribution in [0.25, 0.3) is 0 Å². The molecule has 0 N–H and O–H groups in total. The Hall–Kier alpha value is -1.96. The van der Waals surface area contributed by atoms with E-state index >= 15 is 0 Å². The van der Waals surface area contributed by atoms with Crippen molar-refractivity contribution in [3.05, 3.63) is 12.2 Å². The van der Waals surface area contributed by atoms with Gasteiger partial charge >= 0.3 is 0 Å². The zero-order chi connectivity index (χ0) is 20.4. The summed E-state index contributed by atoms with van der Waals surface area (Å²) in [6.07, 6.45) is 7.98. The van der Waals surface area contributed by atoms with Crippen LogP contribution in [0.5, 0.6) is 0 Å². The molecule has 0 unspecified atom stereocenters. The summed E-state index contributed by atoms with van der Waals surface area (Å²) in [5.41, 5.74) is 0. The van der Waals surface area contributed by atoms with Crippen LogP contribution in [-0.4, -0.2) is 80.5 Å². The van der Waals surface area contributed by atoms with E-state index in [4.69, 9.17) is 0 Å². The number of rotatable bonds is 6. The third-order valence-corrected chi connectivity index (χ3v) is 6.81. The standard InChI is InChI=1S/C21H34N6O2/c1-3-25-15-22-23-19(25)14-24(2)20(28)17-5-4-10-27(13-17)18-8-11-26(12-9-18)21(29)16-6-7-16/h15-18H,3-14H2,1-2H3/t17-/m0/s1. The van der Waals surface area contributed by atoms with Crippen molar-refractivity contribution in [2.75, 3.05) is 33.2 Å². The van der Waals surface area contributed by atoms with Crippen molar-refractivity contribution in [1.82, 2.24) is 29.5 Å². The fourth-order valence-electron chi connectivity index (χ4n) is 4.85. The van der Waals surface area contributed by atoms with Gasteiger partial charge in [-0.05, 0) is 52.0 Å². The maximum absolute atomic E-state index is 13.1. The van der Waals surface area contributed by atoms with Crippen LogP contribution in [-0.2, 0) is 22.7 Å². The molecule has 1 atom stereocenters. The zero-order valence-corrected chi connectivity index (χ0v) is 17.8. The highest BCUT2D eigenvalue weighted by atomic mass is 16.2. The molecule has 2 amide bonds. The lowest BCUT2D eigenvalue weighted by molar-refractivity contribution is -0.137. The average molecular weight is 403 g/mol. The van der Waals surface area contributed by atoms with Gasteiger partial charge in [0, 0.05) is 45.2 Å². The number of hydrogen-bond donors (Lipinski definition) is 0. The number of carbonyl (C=O) groups excluding carboxylic acids is 2. The molecule has 3 aliphatic rings. The van der Waals surface area contributed by atoms with E-state index in [9.17, 15) is 9.59 Å². The molecule has 1 saturated carbocycles. The minimum atomic E-state index is 0.0536. The molecular formula is C21H34N6O2. The molecule has 8 heteroatoms. The second kappa shape index (κ2) is 8.81. The predicted molar refractivity (Wildman–Crippen MR) is 109 cm³/mol. The predicted octanol–water partition coefficient (Wildman–Crippen LogP) is 1.37. The number of hydrogen-bond acceptors (Lipinski definition) is 5. The topological polar surface area (TPSA) is 74.6 Å². The average Bonchev–Trinajstić information content (AvgIpc) is 3.52. The number of amides is 2. The first-order valence-electron chi connectivity index (χ1n) is 11.2. The van der Waals surface area contributed by atoms with Gasteiger partial charge in [0.15, 0.2) is 5.82 Å². The Balaban J connectivity index is 1.28. The van der Waals surface area contributed by atoms with Crippen LogP contribution >= 0.6 is 0 Å². The third-order valence-electron chi connectivity index (χ3n) is 6.81. The first kappa shape index (κ1) is 20.3. The molecule has 160 valence electrons. The molecular weight excluding hydrogens is 368 g/mol. The van der Waals surface area contributed by atoms with Crippen molar-refractivity contribution >= 4 is 11.8 Å². The van der Waals surface area contributed by atoms with Crippen LogP contribution in [0.3, 0.4) is 0 Å². The molecule has 1 aromatic rings. The van der Waals surface area contributed by atoms with E-state index in [0.29, 0.717) is 24.4 Å². The van der Waals surface area contributed by atoms with Gasteiger partial charge in [0.2, 0.25) is 11.8 Å². The first-order valence-corrected chi connectivity index (χ1v) is 11.2. The van der Waals surface area contributed by atoms with E-state index in [2.05, 4.69) is 26.9 Å². The quantitative estimate of drug-likeness (QED) is 0.718. The van der Waals surface area contributed by atoms with E-state index in [-0.39, 0.29) is 11.8 Å². The maximum Gasteiger partial charge on any atom is 0.227 e. The highest BCUT2D eigenvalue weighted by Gasteiger charge is 2.37. The van der Waals surface area contributed by atoms with E-state index in [1.54, 1.807) is 11.2 Å². The van der Waals surface area contributed by atoms with Crippen molar-refractivity contribution in [2.24, 2.45) is 11.8 Å². The monoisotopic (exact) mass is 402 g/mol. The van der Waals surface area contributed by atoms with Crippen molar-refractivity contribution in [2.45, 2.75) is 64.6 Å². The molecule has 0 radical (unpaired) electrons. The highest BCUT2D eigenvalue weighted by molar-refractivity contribution is 5.81. The second-order valence-electron chi connectivity index (χ2n) is 8.89. The molecule has 29 heavy (non-hydrogen) atoms. The van der Waals surface area contributed by atoms with Crippen LogP contribution in [0.4, 0.5) is 0 Å². The summed E-state index contributed by atoms with van der Waals surface area (Å²) in [6.45, 7) is 7.03. The van der Waals surface area contributed by atoms with Crippen molar-refractivity contribution in [1.29, 1.82) is 0 Å². The van der Waals surface area contributed by atoms with E-state index in [1.165, 1.54) is 0 Å². The molecule has 1 aromatic heterocycles. The van der Waals surface area contributed by atoms with Gasteiger partial charge < -0.3 is 14.4 Å². The Morgan fingerprint density at radius 2 is 1.86 bits per heavy atom. The Kier molecular flexibility index (Phi) is 6.18. The Morgan fingerprint density at radius 3 is 2.55 bits per heavy atom. The number of piperidine rings is 2. The molecule has 2 aliphatic heterocycles. The van der Waals surface area contributed by atoms with Gasteiger partial charge in [0.1, 0.15) is 6.33 Å². The number of likely N-dealkylation sites (tertiary alicyclic amines) is 2. The van der Waals surface area contributed by atoms with Crippen LogP contribution in [0, 0.1) is 11.8 Å². The summed E-state index contributed by atoms with van der Waals surface area (Å²) in [5.74, 6) is 1.79. The molecule has 4 rings (SSSR count). The lowest BCUT2D eigenvalue weighted by atomic mass is 9.93. The van der Waals surface area contributed by atoms with Gasteiger partial charge in [0.05, 0.1) is 12.5 Å². The minimum absolute atomic E-state index is 0.0536. The smallest absolute Gasteiger partial charge is 0.227 e. The summed E-state index contributed by atoms with van der Waals surface area (Å²) >= 11 is 0. The van der Waals surface area contributed by atoms with Crippen molar-refractivity contribution in [3.63, 3.8) is 0 Å². The Bertz CT molecular complexity index is 723. The molecule has 0 spiro atoms. The van der Waals surface area contributed by atoms with Gasteiger partial charge in [0.25, 0.3) is 0 Å². The van der Waals surface area contributed by atoms with Crippen LogP contribution in [0.2, 0.25) is 0 Å². The van der Waals surface area contributed by atoms with Gasteiger partial charge in [-0.3, -0.25) is 14.5 Å². The molecule has 3 heterocycles. The summed E-state index contributed by atoms with van der Waals surface area (Å²) in [4.78, 5) is 31.7. The van der Waals surface area contributed by atoms with E-state index in [0.717, 1.165) is 77.1 Å². The van der Waals surface area contributed by atoms with Crippen LogP contribution in [0.15, 0.2) is 6.33 Å². The van der Waals surface area contributed by atoms with Crippen molar-refractivity contribution < 1.29 is 9.59 Å². The molecule has 3 fully saturated rings. The number of carbonyl (C=O) groups is 2.